The van der Waals surface area contributed by atoms with Gasteiger partial charge in [0.15, 0.2) is 0 Å². The molecule has 1 heterocycles. The van der Waals surface area contributed by atoms with E-state index in [0.717, 1.165) is 36.6 Å². The Kier molecular flexibility index (Phi) is 4.67. The second-order valence-electron chi connectivity index (χ2n) is 7.15. The maximum Gasteiger partial charge on any atom is 0.0679 e. The van der Waals surface area contributed by atoms with E-state index in [1.807, 2.05) is 12.1 Å². The van der Waals surface area contributed by atoms with E-state index in [2.05, 4.69) is 41.4 Å². The van der Waals surface area contributed by atoms with Crippen LogP contribution in [0.4, 0.5) is 5.69 Å². The van der Waals surface area contributed by atoms with Crippen molar-refractivity contribution in [2.45, 2.75) is 38.0 Å². The number of aryl methyl sites for hydroxylation is 1. The fourth-order valence-corrected chi connectivity index (χ4v) is 4.65. The molecule has 2 aromatic carbocycles. The Hall–Kier alpha value is -1.26. The summed E-state index contributed by atoms with van der Waals surface area (Å²) in [6.45, 7) is 3.72. The number of aliphatic hydroxyl groups is 1. The van der Waals surface area contributed by atoms with Crippen LogP contribution in [0.15, 0.2) is 36.4 Å². The van der Waals surface area contributed by atoms with Crippen LogP contribution in [-0.2, 0) is 6.42 Å². The summed E-state index contributed by atoms with van der Waals surface area (Å²) in [4.78, 5) is 2.38. The molecule has 5 heteroatoms. The lowest BCUT2D eigenvalue weighted by Gasteiger charge is -2.31. The average Bonchev–Trinajstić information content (AvgIpc) is 3.14. The number of likely N-dealkylation sites (tertiary alicyclic amines) is 1. The highest BCUT2D eigenvalue weighted by atomic mass is 35.5. The molecule has 1 saturated heterocycles. The minimum Gasteiger partial charge on any atom is -0.392 e. The Labute approximate surface area is 158 Å². The lowest BCUT2D eigenvalue weighted by molar-refractivity contribution is 0.155. The number of anilines is 1. The predicted octanol–water partition coefficient (Wildman–Crippen LogP) is 4.45. The van der Waals surface area contributed by atoms with Gasteiger partial charge in [0.2, 0.25) is 0 Å². The van der Waals surface area contributed by atoms with Crippen LogP contribution in [0.2, 0.25) is 10.0 Å². The van der Waals surface area contributed by atoms with Gasteiger partial charge < -0.3 is 10.4 Å². The van der Waals surface area contributed by atoms with E-state index in [-0.39, 0.29) is 18.2 Å². The largest absolute Gasteiger partial charge is 0.392 e. The number of benzene rings is 2. The van der Waals surface area contributed by atoms with Gasteiger partial charge in [-0.1, -0.05) is 40.9 Å². The number of hydrogen-bond acceptors (Lipinski definition) is 3. The summed E-state index contributed by atoms with van der Waals surface area (Å²) in [6, 6.07) is 12.7. The second-order valence-corrected chi connectivity index (χ2v) is 8.00. The van der Waals surface area contributed by atoms with E-state index in [1.165, 1.54) is 16.7 Å². The Morgan fingerprint density at radius 2 is 1.92 bits per heavy atom. The molecule has 2 aromatic rings. The molecule has 0 saturated carbocycles. The molecule has 0 bridgehead atoms. The summed E-state index contributed by atoms with van der Waals surface area (Å²) in [5.74, 6) is 0. The van der Waals surface area contributed by atoms with Gasteiger partial charge in [0.1, 0.15) is 0 Å². The first-order chi connectivity index (χ1) is 12.0. The molecule has 0 unspecified atom stereocenters. The number of nitrogens with one attached hydrogen (secondary N) is 1. The molecule has 1 aliphatic heterocycles. The van der Waals surface area contributed by atoms with Gasteiger partial charge in [-0.25, -0.2) is 0 Å². The van der Waals surface area contributed by atoms with Crippen LogP contribution in [0, 0.1) is 6.92 Å². The molecule has 1 fully saturated rings. The van der Waals surface area contributed by atoms with Crippen molar-refractivity contribution >= 4 is 28.9 Å². The molecular weight excluding hydrogens is 355 g/mol. The van der Waals surface area contributed by atoms with Gasteiger partial charge >= 0.3 is 0 Å². The molecule has 0 radical (unpaired) electrons. The number of rotatable bonds is 3. The third-order valence-electron chi connectivity index (χ3n) is 5.37. The topological polar surface area (TPSA) is 35.5 Å². The van der Waals surface area contributed by atoms with Crippen LogP contribution >= 0.6 is 23.2 Å². The van der Waals surface area contributed by atoms with Gasteiger partial charge in [-0.05, 0) is 55.2 Å². The summed E-state index contributed by atoms with van der Waals surface area (Å²) in [5.41, 5.74) is 4.67. The minimum absolute atomic E-state index is 0.110. The maximum atomic E-state index is 9.97. The summed E-state index contributed by atoms with van der Waals surface area (Å²) in [7, 11) is 0. The third-order valence-corrected chi connectivity index (χ3v) is 5.92. The number of fused-ring (bicyclic) bond motifs is 1. The van der Waals surface area contributed by atoms with Gasteiger partial charge in [-0.2, -0.15) is 0 Å². The fourth-order valence-electron chi connectivity index (χ4n) is 4.06. The Balaban J connectivity index is 1.69. The summed E-state index contributed by atoms with van der Waals surface area (Å²) in [5, 5.41) is 15.1. The molecular formula is C20H22Cl2N2O. The first-order valence-corrected chi connectivity index (χ1v) is 9.50. The summed E-state index contributed by atoms with van der Waals surface area (Å²) in [6.07, 6.45) is 1.47. The number of aliphatic hydroxyl groups excluding tert-OH is 1. The standard InChI is InChI=1S/C20H22Cl2N2O/c1-12-2-4-14(5-3-12)23-20-17-8-13(21)9-18(22)16(17)10-19(20)24-7-6-15(25)11-24/h2-5,8-9,15,19-20,23,25H,6-7,10-11H2,1H3/t15-,19+,20+/m1/s1. The molecule has 3 atom stereocenters. The van der Waals surface area contributed by atoms with Crippen LogP contribution in [-0.4, -0.2) is 35.2 Å². The van der Waals surface area contributed by atoms with Crippen molar-refractivity contribution in [1.82, 2.24) is 4.90 Å². The third kappa shape index (κ3) is 3.39. The molecule has 3 nitrogen and oxygen atoms in total. The summed E-state index contributed by atoms with van der Waals surface area (Å²) < 4.78 is 0. The number of hydrogen-bond donors (Lipinski definition) is 2. The van der Waals surface area contributed by atoms with Gasteiger partial charge in [0.05, 0.1) is 12.1 Å². The van der Waals surface area contributed by atoms with Crippen LogP contribution in [0.25, 0.3) is 0 Å². The van der Waals surface area contributed by atoms with E-state index in [1.54, 1.807) is 0 Å². The van der Waals surface area contributed by atoms with Crippen molar-refractivity contribution in [3.63, 3.8) is 0 Å². The molecule has 1 aliphatic carbocycles. The van der Waals surface area contributed by atoms with E-state index in [4.69, 9.17) is 23.2 Å². The molecule has 2 aliphatic rings. The number of halogens is 2. The molecule has 0 amide bonds. The molecule has 25 heavy (non-hydrogen) atoms. The Morgan fingerprint density at radius 1 is 1.16 bits per heavy atom. The Bertz CT molecular complexity index is 778. The van der Waals surface area contributed by atoms with Crippen molar-refractivity contribution in [2.24, 2.45) is 0 Å². The van der Waals surface area contributed by atoms with E-state index >= 15 is 0 Å². The smallest absolute Gasteiger partial charge is 0.0679 e. The highest BCUT2D eigenvalue weighted by molar-refractivity contribution is 6.35. The highest BCUT2D eigenvalue weighted by Gasteiger charge is 2.40. The maximum absolute atomic E-state index is 9.97. The van der Waals surface area contributed by atoms with Gasteiger partial charge in [0.25, 0.3) is 0 Å². The SMILES string of the molecule is Cc1ccc(N[C@H]2c3cc(Cl)cc(Cl)c3C[C@@H]2N2CC[C@@H](O)C2)cc1. The van der Waals surface area contributed by atoms with Crippen LogP contribution < -0.4 is 5.32 Å². The fraction of sp³-hybridized carbons (Fsp3) is 0.400. The van der Waals surface area contributed by atoms with Crippen molar-refractivity contribution in [1.29, 1.82) is 0 Å². The highest BCUT2D eigenvalue weighted by Crippen LogP contribution is 2.42. The lowest BCUT2D eigenvalue weighted by atomic mass is 10.1. The monoisotopic (exact) mass is 376 g/mol. The molecule has 132 valence electrons. The van der Waals surface area contributed by atoms with Gasteiger partial charge in [-0.15, -0.1) is 0 Å². The van der Waals surface area contributed by atoms with Gasteiger partial charge in [0, 0.05) is 34.9 Å². The van der Waals surface area contributed by atoms with E-state index in [0.29, 0.717) is 5.02 Å². The van der Waals surface area contributed by atoms with Crippen LogP contribution in [0.5, 0.6) is 0 Å². The van der Waals surface area contributed by atoms with Crippen LogP contribution in [0.1, 0.15) is 29.2 Å². The van der Waals surface area contributed by atoms with Crippen molar-refractivity contribution < 1.29 is 5.11 Å². The van der Waals surface area contributed by atoms with Crippen LogP contribution in [0.3, 0.4) is 0 Å². The zero-order valence-corrected chi connectivity index (χ0v) is 15.7. The van der Waals surface area contributed by atoms with E-state index < -0.39 is 0 Å². The van der Waals surface area contributed by atoms with Crippen molar-refractivity contribution in [3.8, 4) is 0 Å². The molecule has 0 aromatic heterocycles. The molecule has 4 rings (SSSR count). The van der Waals surface area contributed by atoms with Gasteiger partial charge in [-0.3, -0.25) is 4.90 Å². The lowest BCUT2D eigenvalue weighted by Crippen LogP contribution is -2.39. The average molecular weight is 377 g/mol. The second kappa shape index (κ2) is 6.81. The first kappa shape index (κ1) is 17.2. The minimum atomic E-state index is -0.234. The van der Waals surface area contributed by atoms with E-state index in [9.17, 15) is 5.11 Å². The normalized spacial score (nSPS) is 26.0. The van der Waals surface area contributed by atoms with Crippen molar-refractivity contribution in [3.05, 3.63) is 63.1 Å². The molecule has 0 spiro atoms. The number of β-amino-alcohol motifs (C(OH)–C–C–N with tert-alkyl or cyclic N) is 1. The predicted molar refractivity (Wildman–Crippen MR) is 104 cm³/mol. The Morgan fingerprint density at radius 3 is 2.60 bits per heavy atom. The zero-order chi connectivity index (χ0) is 17.6. The van der Waals surface area contributed by atoms with Crippen molar-refractivity contribution in [2.75, 3.05) is 18.4 Å². The summed E-state index contributed by atoms with van der Waals surface area (Å²) >= 11 is 12.8. The molecule has 2 N–H and O–H groups in total. The number of nitrogens with zero attached hydrogens (tertiary/aromatic N) is 1. The zero-order valence-electron chi connectivity index (χ0n) is 14.2. The first-order valence-electron chi connectivity index (χ1n) is 8.74. The quantitative estimate of drug-likeness (QED) is 0.830.